The minimum Gasteiger partial charge on any atom is -0.494 e. The van der Waals surface area contributed by atoms with Gasteiger partial charge in [-0.15, -0.1) is 0 Å². The molecular weight excluding hydrogens is 504 g/mol. The molecule has 2 aromatic carbocycles. The summed E-state index contributed by atoms with van der Waals surface area (Å²) in [6, 6.07) is 18.3. The van der Waals surface area contributed by atoms with Gasteiger partial charge in [-0.05, 0) is 73.4 Å². The molecule has 0 spiro atoms. The number of piperidine rings is 1. The molecule has 8 nitrogen and oxygen atoms in total. The second-order valence-corrected chi connectivity index (χ2v) is 10.2. The Balaban J connectivity index is 1.22. The monoisotopic (exact) mass is 534 g/mol. The summed E-state index contributed by atoms with van der Waals surface area (Å²) in [5.74, 6) is 1.84. The Kier molecular flexibility index (Phi) is 8.10. The highest BCUT2D eigenvalue weighted by molar-refractivity contribution is 6.30. The lowest BCUT2D eigenvalue weighted by molar-refractivity contribution is -0.123. The largest absolute Gasteiger partial charge is 0.494 e. The maximum atomic E-state index is 12.3. The van der Waals surface area contributed by atoms with Gasteiger partial charge < -0.3 is 14.0 Å². The van der Waals surface area contributed by atoms with Crippen LogP contribution in [0.4, 0.5) is 0 Å². The molecule has 38 heavy (non-hydrogen) atoms. The summed E-state index contributed by atoms with van der Waals surface area (Å²) in [6.07, 6.45) is 2.74. The first-order valence-electron chi connectivity index (χ1n) is 12.9. The summed E-state index contributed by atoms with van der Waals surface area (Å²) in [5.41, 5.74) is 5.67. The number of hydrogen-bond donors (Lipinski definition) is 1. The molecule has 1 aromatic heterocycles. The summed E-state index contributed by atoms with van der Waals surface area (Å²) in [6.45, 7) is 5.74. The normalized spacial score (nSPS) is 18.7. The molecule has 2 unspecified atom stereocenters. The van der Waals surface area contributed by atoms with Crippen LogP contribution in [0.5, 0.6) is 11.5 Å². The van der Waals surface area contributed by atoms with Crippen LogP contribution in [0.3, 0.4) is 0 Å². The van der Waals surface area contributed by atoms with Crippen molar-refractivity contribution in [2.75, 3.05) is 26.3 Å². The van der Waals surface area contributed by atoms with Gasteiger partial charge in [0.15, 0.2) is 6.61 Å². The van der Waals surface area contributed by atoms with Crippen LogP contribution < -0.4 is 20.5 Å². The minimum atomic E-state index is -0.360. The number of ether oxygens (including phenoxy) is 2. The van der Waals surface area contributed by atoms with Crippen molar-refractivity contribution in [3.8, 4) is 11.5 Å². The molecule has 0 aliphatic carbocycles. The van der Waals surface area contributed by atoms with Crippen LogP contribution in [0, 0.1) is 5.92 Å². The number of pyridine rings is 1. The fourth-order valence-electron chi connectivity index (χ4n) is 5.36. The zero-order chi connectivity index (χ0) is 26.5. The molecule has 3 aromatic rings. The standard InChI is InChI=1S/C29H31ClN4O4/c1-2-37-27-11-6-20(14-31-32-28(35)19-38-25-9-7-24(30)8-10-25)12-23(27)18-33-15-21-13-22(17-33)26-4-3-5-29(36)34(26)16-21/h3-12,14,21-22H,2,13,15-19H2,1H3,(H,32,35). The maximum absolute atomic E-state index is 12.3. The van der Waals surface area contributed by atoms with Gasteiger partial charge in [0.05, 0.1) is 12.8 Å². The molecule has 198 valence electrons. The Hall–Kier alpha value is -3.62. The second-order valence-electron chi connectivity index (χ2n) is 9.73. The third-order valence-corrected chi connectivity index (χ3v) is 7.17. The first-order chi connectivity index (χ1) is 18.5. The Labute approximate surface area is 226 Å². The number of aromatic nitrogens is 1. The maximum Gasteiger partial charge on any atom is 0.277 e. The van der Waals surface area contributed by atoms with E-state index in [1.807, 2.05) is 35.8 Å². The number of halogens is 1. The summed E-state index contributed by atoms with van der Waals surface area (Å²) < 4.78 is 13.3. The fourth-order valence-corrected chi connectivity index (χ4v) is 5.48. The van der Waals surface area contributed by atoms with Gasteiger partial charge in [0, 0.05) is 54.4 Å². The van der Waals surface area contributed by atoms with Crippen LogP contribution >= 0.6 is 11.6 Å². The van der Waals surface area contributed by atoms with Crippen molar-refractivity contribution < 1.29 is 14.3 Å². The average Bonchev–Trinajstić information content (AvgIpc) is 2.90. The lowest BCUT2D eigenvalue weighted by Crippen LogP contribution is -2.46. The van der Waals surface area contributed by atoms with Crippen molar-refractivity contribution in [2.45, 2.75) is 32.4 Å². The third kappa shape index (κ3) is 6.26. The molecule has 5 rings (SSSR count). The Morgan fingerprint density at radius 1 is 1.11 bits per heavy atom. The molecule has 2 bridgehead atoms. The molecule has 0 radical (unpaired) electrons. The van der Waals surface area contributed by atoms with Crippen molar-refractivity contribution in [3.05, 3.63) is 92.9 Å². The molecule has 3 heterocycles. The van der Waals surface area contributed by atoms with Crippen molar-refractivity contribution in [3.63, 3.8) is 0 Å². The van der Waals surface area contributed by atoms with E-state index < -0.39 is 0 Å². The molecule has 9 heteroatoms. The molecule has 1 fully saturated rings. The summed E-state index contributed by atoms with van der Waals surface area (Å²) in [7, 11) is 0. The second kappa shape index (κ2) is 11.8. The van der Waals surface area contributed by atoms with E-state index in [-0.39, 0.29) is 18.1 Å². The number of rotatable bonds is 9. The Morgan fingerprint density at radius 3 is 2.76 bits per heavy atom. The molecule has 2 aliphatic heterocycles. The van der Waals surface area contributed by atoms with Crippen molar-refractivity contribution >= 4 is 23.7 Å². The third-order valence-electron chi connectivity index (χ3n) is 6.92. The number of amides is 1. The van der Waals surface area contributed by atoms with Gasteiger partial charge in [-0.2, -0.15) is 5.10 Å². The van der Waals surface area contributed by atoms with Crippen LogP contribution in [0.15, 0.2) is 70.6 Å². The molecular formula is C29H31ClN4O4. The van der Waals surface area contributed by atoms with E-state index in [4.69, 9.17) is 21.1 Å². The lowest BCUT2D eigenvalue weighted by atomic mass is 9.83. The van der Waals surface area contributed by atoms with E-state index in [0.29, 0.717) is 29.2 Å². The van der Waals surface area contributed by atoms with Crippen molar-refractivity contribution in [1.82, 2.24) is 14.9 Å². The smallest absolute Gasteiger partial charge is 0.277 e. The van der Waals surface area contributed by atoms with Crippen LogP contribution in [0.25, 0.3) is 0 Å². The van der Waals surface area contributed by atoms with E-state index in [1.54, 1.807) is 36.5 Å². The van der Waals surface area contributed by atoms with Crippen LogP contribution in [0.2, 0.25) is 5.02 Å². The minimum absolute atomic E-state index is 0.0971. The van der Waals surface area contributed by atoms with E-state index in [2.05, 4.69) is 21.5 Å². The van der Waals surface area contributed by atoms with E-state index in [9.17, 15) is 9.59 Å². The highest BCUT2D eigenvalue weighted by atomic mass is 35.5. The molecule has 2 atom stereocenters. The number of hydrogen-bond acceptors (Lipinski definition) is 6. The van der Waals surface area contributed by atoms with Gasteiger partial charge in [0.1, 0.15) is 11.5 Å². The number of nitrogens with one attached hydrogen (secondary N) is 1. The van der Waals surface area contributed by atoms with E-state index in [1.165, 1.54) is 0 Å². The van der Waals surface area contributed by atoms with Crippen LogP contribution in [0.1, 0.15) is 36.1 Å². The van der Waals surface area contributed by atoms with Gasteiger partial charge >= 0.3 is 0 Å². The number of hydrazone groups is 1. The quantitative estimate of drug-likeness (QED) is 0.331. The van der Waals surface area contributed by atoms with Crippen molar-refractivity contribution in [1.29, 1.82) is 0 Å². The molecule has 1 N–H and O–H groups in total. The number of benzene rings is 2. The summed E-state index contributed by atoms with van der Waals surface area (Å²) >= 11 is 5.86. The van der Waals surface area contributed by atoms with Gasteiger partial charge in [-0.25, -0.2) is 5.43 Å². The highest BCUT2D eigenvalue weighted by Crippen LogP contribution is 2.36. The number of likely N-dealkylation sites (tertiary alicyclic amines) is 1. The molecule has 1 amide bonds. The first kappa shape index (κ1) is 26.0. The van der Waals surface area contributed by atoms with Crippen LogP contribution in [-0.2, 0) is 17.9 Å². The number of nitrogens with zero attached hydrogens (tertiary/aromatic N) is 3. The molecule has 1 saturated heterocycles. The summed E-state index contributed by atoms with van der Waals surface area (Å²) in [4.78, 5) is 26.9. The van der Waals surface area contributed by atoms with Gasteiger partial charge in [0.25, 0.3) is 11.5 Å². The Bertz CT molecular complexity index is 1370. The van der Waals surface area contributed by atoms with E-state index >= 15 is 0 Å². The van der Waals surface area contributed by atoms with Gasteiger partial charge in [-0.3, -0.25) is 14.5 Å². The van der Waals surface area contributed by atoms with Gasteiger partial charge in [0.2, 0.25) is 0 Å². The molecule has 2 aliphatic rings. The zero-order valence-corrected chi connectivity index (χ0v) is 22.1. The van der Waals surface area contributed by atoms with Crippen molar-refractivity contribution in [2.24, 2.45) is 11.0 Å². The summed E-state index contributed by atoms with van der Waals surface area (Å²) in [5, 5.41) is 4.70. The predicted molar refractivity (Wildman–Crippen MR) is 147 cm³/mol. The number of carbonyl (C=O) groups excluding carboxylic acids is 1. The highest BCUT2D eigenvalue weighted by Gasteiger charge is 2.34. The van der Waals surface area contributed by atoms with Crippen LogP contribution in [-0.4, -0.2) is 47.9 Å². The molecule has 0 saturated carbocycles. The predicted octanol–water partition coefficient (Wildman–Crippen LogP) is 4.05. The van der Waals surface area contributed by atoms with E-state index in [0.717, 1.165) is 55.2 Å². The fraction of sp³-hybridized carbons (Fsp3) is 0.345. The first-order valence-corrected chi connectivity index (χ1v) is 13.2. The lowest BCUT2D eigenvalue weighted by Gasteiger charge is -2.43. The number of fused-ring (bicyclic) bond motifs is 4. The number of carbonyl (C=O) groups is 1. The average molecular weight is 535 g/mol. The SMILES string of the molecule is CCOc1ccc(C=NNC(=O)COc2ccc(Cl)cc2)cc1CN1CC2CC(C1)c1cccc(=O)n1C2. The Morgan fingerprint density at radius 2 is 1.95 bits per heavy atom. The topological polar surface area (TPSA) is 85.2 Å². The zero-order valence-electron chi connectivity index (χ0n) is 21.3. The van der Waals surface area contributed by atoms with Gasteiger partial charge in [-0.1, -0.05) is 17.7 Å².